The molecule has 0 aliphatic heterocycles. The highest BCUT2D eigenvalue weighted by Crippen LogP contribution is 2.19. The third-order valence-corrected chi connectivity index (χ3v) is 4.16. The standard InChI is InChI=1S/C19H17FN4O3/c1-11(12-6-8-13(20)9-7-12)10-16(25)21-24-19(27)17-14-4-2-3-5-15(14)18(26)23-22-17/h2-9,11H,10H2,1H3,(H,21,25)(H,23,26)(H,24,27). The minimum atomic E-state index is -0.648. The molecule has 3 N–H and O–H groups in total. The van der Waals surface area contributed by atoms with E-state index in [1.807, 2.05) is 6.92 Å². The predicted molar refractivity (Wildman–Crippen MR) is 97.4 cm³/mol. The van der Waals surface area contributed by atoms with Crippen molar-refractivity contribution < 1.29 is 14.0 Å². The number of carbonyl (C=O) groups is 2. The summed E-state index contributed by atoms with van der Waals surface area (Å²) in [5.74, 6) is -1.56. The summed E-state index contributed by atoms with van der Waals surface area (Å²) < 4.78 is 13.0. The summed E-state index contributed by atoms with van der Waals surface area (Å²) in [5, 5.41) is 6.73. The van der Waals surface area contributed by atoms with E-state index in [1.165, 1.54) is 12.1 Å². The summed E-state index contributed by atoms with van der Waals surface area (Å²) in [6.07, 6.45) is 0.103. The normalized spacial score (nSPS) is 11.8. The number of benzene rings is 2. The average molecular weight is 368 g/mol. The van der Waals surface area contributed by atoms with Gasteiger partial charge >= 0.3 is 0 Å². The topological polar surface area (TPSA) is 104 Å². The molecule has 2 aromatic carbocycles. The molecule has 0 aliphatic carbocycles. The van der Waals surface area contributed by atoms with Gasteiger partial charge in [-0.05, 0) is 29.7 Å². The molecule has 0 aliphatic rings. The number of nitrogens with one attached hydrogen (secondary N) is 3. The number of halogens is 1. The smallest absolute Gasteiger partial charge is 0.273 e. The van der Waals surface area contributed by atoms with Crippen molar-refractivity contribution in [3.05, 3.63) is 76.0 Å². The number of H-pyrrole nitrogens is 1. The molecule has 0 fully saturated rings. The van der Waals surface area contributed by atoms with Crippen LogP contribution in [0.15, 0.2) is 53.3 Å². The number of fused-ring (bicyclic) bond motifs is 1. The van der Waals surface area contributed by atoms with E-state index in [1.54, 1.807) is 36.4 Å². The van der Waals surface area contributed by atoms with Gasteiger partial charge in [0.1, 0.15) is 5.82 Å². The molecule has 0 saturated carbocycles. The Bertz CT molecular complexity index is 1050. The van der Waals surface area contributed by atoms with Gasteiger partial charge in [-0.2, -0.15) is 5.10 Å². The van der Waals surface area contributed by atoms with Crippen LogP contribution in [0.25, 0.3) is 10.8 Å². The van der Waals surface area contributed by atoms with E-state index in [9.17, 15) is 18.8 Å². The van der Waals surface area contributed by atoms with Gasteiger partial charge in [0, 0.05) is 11.8 Å². The molecular formula is C19H17FN4O3. The Morgan fingerprint density at radius 1 is 1.07 bits per heavy atom. The van der Waals surface area contributed by atoms with Gasteiger partial charge in [0.25, 0.3) is 11.5 Å². The summed E-state index contributed by atoms with van der Waals surface area (Å²) in [6, 6.07) is 12.4. The number of hydrogen-bond donors (Lipinski definition) is 3. The van der Waals surface area contributed by atoms with Crippen LogP contribution >= 0.6 is 0 Å². The van der Waals surface area contributed by atoms with Crippen molar-refractivity contribution in [3.8, 4) is 0 Å². The Morgan fingerprint density at radius 3 is 2.44 bits per heavy atom. The van der Waals surface area contributed by atoms with Crippen molar-refractivity contribution in [3.63, 3.8) is 0 Å². The van der Waals surface area contributed by atoms with E-state index >= 15 is 0 Å². The molecule has 0 spiro atoms. The second-order valence-corrected chi connectivity index (χ2v) is 6.11. The lowest BCUT2D eigenvalue weighted by atomic mass is 9.98. The number of hydrazine groups is 1. The van der Waals surface area contributed by atoms with E-state index in [-0.39, 0.29) is 23.8 Å². The Labute approximate surface area is 153 Å². The molecule has 0 radical (unpaired) electrons. The molecule has 7 nitrogen and oxygen atoms in total. The fourth-order valence-corrected chi connectivity index (χ4v) is 2.71. The van der Waals surface area contributed by atoms with Crippen molar-refractivity contribution in [2.45, 2.75) is 19.3 Å². The molecule has 8 heteroatoms. The van der Waals surface area contributed by atoms with Gasteiger partial charge in [0.05, 0.1) is 5.39 Å². The largest absolute Gasteiger partial charge is 0.290 e. The summed E-state index contributed by atoms with van der Waals surface area (Å²) >= 11 is 0. The molecule has 2 amide bonds. The molecule has 1 unspecified atom stereocenters. The van der Waals surface area contributed by atoms with Crippen molar-refractivity contribution >= 4 is 22.6 Å². The molecule has 3 aromatic rings. The first-order chi connectivity index (χ1) is 13.0. The van der Waals surface area contributed by atoms with E-state index in [4.69, 9.17) is 0 Å². The number of aromatic nitrogens is 2. The molecule has 27 heavy (non-hydrogen) atoms. The average Bonchev–Trinajstić information content (AvgIpc) is 2.67. The lowest BCUT2D eigenvalue weighted by molar-refractivity contribution is -0.122. The zero-order valence-corrected chi connectivity index (χ0v) is 14.5. The zero-order chi connectivity index (χ0) is 19.4. The Hall–Kier alpha value is -3.55. The Balaban J connectivity index is 1.64. The maximum atomic E-state index is 13.0. The van der Waals surface area contributed by atoms with Crippen LogP contribution in [0.4, 0.5) is 4.39 Å². The number of amides is 2. The summed E-state index contributed by atoms with van der Waals surface area (Å²) in [6.45, 7) is 1.83. The molecule has 1 aromatic heterocycles. The van der Waals surface area contributed by atoms with Gasteiger partial charge in [-0.1, -0.05) is 37.3 Å². The summed E-state index contributed by atoms with van der Waals surface area (Å²) in [5.41, 5.74) is 5.03. The Morgan fingerprint density at radius 2 is 1.74 bits per heavy atom. The number of rotatable bonds is 4. The molecule has 1 atom stereocenters. The second kappa shape index (κ2) is 7.77. The minimum Gasteiger partial charge on any atom is -0.273 e. The lowest BCUT2D eigenvalue weighted by Gasteiger charge is -2.13. The van der Waals surface area contributed by atoms with Crippen molar-refractivity contribution in [2.24, 2.45) is 0 Å². The maximum Gasteiger partial charge on any atom is 0.290 e. The number of hydrogen-bond acceptors (Lipinski definition) is 4. The van der Waals surface area contributed by atoms with Gasteiger partial charge in [-0.25, -0.2) is 9.49 Å². The van der Waals surface area contributed by atoms with E-state index in [0.29, 0.717) is 10.8 Å². The van der Waals surface area contributed by atoms with Gasteiger partial charge in [-0.15, -0.1) is 0 Å². The highest BCUT2D eigenvalue weighted by molar-refractivity contribution is 6.05. The summed E-state index contributed by atoms with van der Waals surface area (Å²) in [4.78, 5) is 36.1. The van der Waals surface area contributed by atoms with Crippen molar-refractivity contribution in [1.82, 2.24) is 21.0 Å². The zero-order valence-electron chi connectivity index (χ0n) is 14.5. The fourth-order valence-electron chi connectivity index (χ4n) is 2.71. The van der Waals surface area contributed by atoms with Crippen LogP contribution < -0.4 is 16.4 Å². The number of nitrogens with zero attached hydrogens (tertiary/aromatic N) is 1. The molecule has 3 rings (SSSR count). The van der Waals surface area contributed by atoms with Gasteiger partial charge in [0.15, 0.2) is 5.69 Å². The van der Waals surface area contributed by atoms with Crippen LogP contribution in [-0.4, -0.2) is 22.0 Å². The molecule has 1 heterocycles. The monoisotopic (exact) mass is 368 g/mol. The first kappa shape index (κ1) is 18.2. The van der Waals surface area contributed by atoms with Gasteiger partial charge in [0.2, 0.25) is 5.91 Å². The Kier molecular flexibility index (Phi) is 5.25. The molecular weight excluding hydrogens is 351 g/mol. The highest BCUT2D eigenvalue weighted by Gasteiger charge is 2.16. The van der Waals surface area contributed by atoms with Gasteiger partial charge in [-0.3, -0.25) is 25.2 Å². The third kappa shape index (κ3) is 4.17. The van der Waals surface area contributed by atoms with Gasteiger partial charge < -0.3 is 0 Å². The predicted octanol–water partition coefficient (Wildman–Crippen LogP) is 2.02. The SMILES string of the molecule is CC(CC(=O)NNC(=O)c1n[nH]c(=O)c2ccccc12)c1ccc(F)cc1. The first-order valence-electron chi connectivity index (χ1n) is 8.28. The molecule has 138 valence electrons. The van der Waals surface area contributed by atoms with Crippen LogP contribution in [-0.2, 0) is 4.79 Å². The summed E-state index contributed by atoms with van der Waals surface area (Å²) in [7, 11) is 0. The van der Waals surface area contributed by atoms with Crippen LogP contribution in [0.3, 0.4) is 0 Å². The minimum absolute atomic E-state index is 0.00270. The quantitative estimate of drug-likeness (QED) is 0.613. The molecule has 0 saturated heterocycles. The number of aromatic amines is 1. The van der Waals surface area contributed by atoms with Crippen LogP contribution in [0.5, 0.6) is 0 Å². The van der Waals surface area contributed by atoms with E-state index in [2.05, 4.69) is 21.0 Å². The molecule has 0 bridgehead atoms. The van der Waals surface area contributed by atoms with Crippen LogP contribution in [0.2, 0.25) is 0 Å². The van der Waals surface area contributed by atoms with Crippen molar-refractivity contribution in [1.29, 1.82) is 0 Å². The van der Waals surface area contributed by atoms with Crippen molar-refractivity contribution in [2.75, 3.05) is 0 Å². The highest BCUT2D eigenvalue weighted by atomic mass is 19.1. The van der Waals surface area contributed by atoms with Crippen LogP contribution in [0.1, 0.15) is 35.3 Å². The second-order valence-electron chi connectivity index (χ2n) is 6.11. The van der Waals surface area contributed by atoms with Crippen LogP contribution in [0, 0.1) is 5.82 Å². The van der Waals surface area contributed by atoms with E-state index < -0.39 is 17.4 Å². The fraction of sp³-hybridized carbons (Fsp3) is 0.158. The lowest BCUT2D eigenvalue weighted by Crippen LogP contribution is -2.42. The number of carbonyl (C=O) groups excluding carboxylic acids is 2. The van der Waals surface area contributed by atoms with E-state index in [0.717, 1.165) is 5.56 Å². The third-order valence-electron chi connectivity index (χ3n) is 4.16. The maximum absolute atomic E-state index is 13.0. The first-order valence-corrected chi connectivity index (χ1v) is 8.28.